The average molecular weight is 452 g/mol. The van der Waals surface area contributed by atoms with Crippen molar-refractivity contribution in [2.45, 2.75) is 64.0 Å². The van der Waals surface area contributed by atoms with Gasteiger partial charge in [-0.1, -0.05) is 5.16 Å². The van der Waals surface area contributed by atoms with Crippen LogP contribution in [0.5, 0.6) is 0 Å². The Balaban J connectivity index is 1.37. The molecule has 2 aliphatic heterocycles. The molecule has 3 aromatic rings. The molecule has 3 aliphatic rings. The van der Waals surface area contributed by atoms with Gasteiger partial charge in [0.15, 0.2) is 5.82 Å². The lowest BCUT2D eigenvalue weighted by Crippen LogP contribution is -2.46. The first-order valence-corrected chi connectivity index (χ1v) is 12.1. The lowest BCUT2D eigenvalue weighted by Gasteiger charge is -2.35. The van der Waals surface area contributed by atoms with Crippen molar-refractivity contribution in [1.29, 1.82) is 0 Å². The van der Waals surface area contributed by atoms with Crippen LogP contribution in [-0.4, -0.2) is 53.5 Å². The van der Waals surface area contributed by atoms with Crippen molar-refractivity contribution in [1.82, 2.24) is 20.4 Å². The van der Waals surface area contributed by atoms with Crippen molar-refractivity contribution >= 4 is 16.7 Å². The van der Waals surface area contributed by atoms with Crippen LogP contribution in [0.15, 0.2) is 16.7 Å². The Bertz CT molecular complexity index is 1180. The molecule has 1 aromatic carbocycles. The van der Waals surface area contributed by atoms with Crippen molar-refractivity contribution < 1.29 is 13.7 Å². The number of ether oxygens (including phenoxy) is 1. The summed E-state index contributed by atoms with van der Waals surface area (Å²) >= 11 is 0. The fourth-order valence-corrected chi connectivity index (χ4v) is 5.28. The monoisotopic (exact) mass is 451 g/mol. The van der Waals surface area contributed by atoms with Crippen LogP contribution in [-0.2, 0) is 4.74 Å². The fraction of sp³-hybridized carbons (Fsp3) is 0.560. The van der Waals surface area contributed by atoms with E-state index in [9.17, 15) is 0 Å². The van der Waals surface area contributed by atoms with Gasteiger partial charge in [-0.2, -0.15) is 4.98 Å². The highest BCUT2D eigenvalue weighted by Gasteiger charge is 2.30. The van der Waals surface area contributed by atoms with Crippen LogP contribution in [0.4, 0.5) is 10.2 Å². The number of aromatic nitrogens is 3. The van der Waals surface area contributed by atoms with Gasteiger partial charge in [-0.05, 0) is 75.1 Å². The molecule has 1 atom stereocenters. The van der Waals surface area contributed by atoms with Crippen LogP contribution in [0.25, 0.3) is 22.4 Å². The van der Waals surface area contributed by atoms with E-state index in [4.69, 9.17) is 14.2 Å². The molecule has 0 unspecified atom stereocenters. The average Bonchev–Trinajstić information content (AvgIpc) is 3.38. The van der Waals surface area contributed by atoms with Crippen molar-refractivity contribution in [2.75, 3.05) is 31.2 Å². The molecular formula is C25H30FN5O2. The van der Waals surface area contributed by atoms with E-state index < -0.39 is 0 Å². The van der Waals surface area contributed by atoms with E-state index in [-0.39, 0.29) is 5.82 Å². The zero-order chi connectivity index (χ0) is 22.5. The second-order valence-electron chi connectivity index (χ2n) is 9.74. The van der Waals surface area contributed by atoms with Crippen LogP contribution in [0, 0.1) is 19.7 Å². The molecule has 4 heterocycles. The number of benzene rings is 1. The SMILES string of the molecule is Cc1noc(-c2c(N3CCC(N[C@@H]4CCOC4)CC3)nc3c(F)cc(C4CC4)cc3c2C)n1. The smallest absolute Gasteiger partial charge is 0.261 e. The molecule has 2 aromatic heterocycles. The summed E-state index contributed by atoms with van der Waals surface area (Å²) in [6.07, 6.45) is 5.33. The number of rotatable bonds is 5. The Morgan fingerprint density at radius 3 is 2.52 bits per heavy atom. The number of pyridine rings is 1. The molecule has 1 saturated carbocycles. The normalized spacial score (nSPS) is 21.9. The number of halogens is 1. The zero-order valence-corrected chi connectivity index (χ0v) is 19.2. The van der Waals surface area contributed by atoms with Gasteiger partial charge >= 0.3 is 0 Å². The van der Waals surface area contributed by atoms with Gasteiger partial charge in [0, 0.05) is 37.2 Å². The first-order valence-electron chi connectivity index (χ1n) is 12.1. The molecule has 2 saturated heterocycles. The zero-order valence-electron chi connectivity index (χ0n) is 19.2. The Morgan fingerprint density at radius 2 is 1.85 bits per heavy atom. The predicted octanol–water partition coefficient (Wildman–Crippen LogP) is 4.27. The van der Waals surface area contributed by atoms with Crippen LogP contribution < -0.4 is 10.2 Å². The molecule has 0 spiro atoms. The summed E-state index contributed by atoms with van der Waals surface area (Å²) in [5.74, 6) is 1.99. The van der Waals surface area contributed by atoms with Crippen LogP contribution in [0.1, 0.15) is 55.0 Å². The van der Waals surface area contributed by atoms with E-state index in [1.54, 1.807) is 6.07 Å². The summed E-state index contributed by atoms with van der Waals surface area (Å²) in [4.78, 5) is 11.6. The van der Waals surface area contributed by atoms with E-state index in [1.165, 1.54) is 0 Å². The third-order valence-electron chi connectivity index (χ3n) is 7.29. The Kier molecular flexibility index (Phi) is 5.30. The number of nitrogens with zero attached hydrogens (tertiary/aromatic N) is 4. The maximum absolute atomic E-state index is 15.2. The minimum Gasteiger partial charge on any atom is -0.380 e. The summed E-state index contributed by atoms with van der Waals surface area (Å²) in [6, 6.07) is 4.69. The van der Waals surface area contributed by atoms with Crippen molar-refractivity contribution in [2.24, 2.45) is 0 Å². The molecule has 3 fully saturated rings. The Hall–Kier alpha value is -2.58. The largest absolute Gasteiger partial charge is 0.380 e. The molecule has 8 heteroatoms. The molecule has 0 amide bonds. The van der Waals surface area contributed by atoms with Crippen molar-refractivity contribution in [3.05, 3.63) is 34.9 Å². The number of piperidine rings is 1. The third kappa shape index (κ3) is 3.99. The lowest BCUT2D eigenvalue weighted by atomic mass is 9.98. The van der Waals surface area contributed by atoms with Gasteiger partial charge in [0.1, 0.15) is 17.2 Å². The van der Waals surface area contributed by atoms with Gasteiger partial charge in [-0.15, -0.1) is 0 Å². The summed E-state index contributed by atoms with van der Waals surface area (Å²) in [6.45, 7) is 7.15. The van der Waals surface area contributed by atoms with E-state index in [2.05, 4.69) is 26.4 Å². The minimum atomic E-state index is -0.246. The van der Waals surface area contributed by atoms with E-state index in [0.29, 0.717) is 35.2 Å². The maximum atomic E-state index is 15.2. The molecule has 0 bridgehead atoms. The molecule has 7 nitrogen and oxygen atoms in total. The highest BCUT2D eigenvalue weighted by Crippen LogP contribution is 2.43. The topological polar surface area (TPSA) is 76.3 Å². The number of hydrogen-bond acceptors (Lipinski definition) is 7. The van der Waals surface area contributed by atoms with Crippen molar-refractivity contribution in [3.8, 4) is 11.5 Å². The molecular weight excluding hydrogens is 421 g/mol. The molecule has 1 N–H and O–H groups in total. The number of aryl methyl sites for hydroxylation is 2. The van der Waals surface area contributed by atoms with Gasteiger partial charge in [0.05, 0.1) is 12.2 Å². The number of hydrogen-bond donors (Lipinski definition) is 1. The quantitative estimate of drug-likeness (QED) is 0.621. The van der Waals surface area contributed by atoms with Gasteiger partial charge in [-0.3, -0.25) is 0 Å². The first kappa shape index (κ1) is 21.0. The standard InChI is InChI=1S/C25H30FN5O2/c1-14-20-11-17(16-3-4-16)12-21(26)23(20)29-24(22(14)25-27-15(2)30-33-25)31-8-5-18(6-9-31)28-19-7-10-32-13-19/h11-12,16,18-19,28H,3-10,13H2,1-2H3/t19-/m1/s1. The highest BCUT2D eigenvalue weighted by atomic mass is 19.1. The lowest BCUT2D eigenvalue weighted by molar-refractivity contribution is 0.186. The van der Waals surface area contributed by atoms with Gasteiger partial charge in [-0.25, -0.2) is 9.37 Å². The number of fused-ring (bicyclic) bond motifs is 1. The van der Waals surface area contributed by atoms with Gasteiger partial charge in [0.25, 0.3) is 5.89 Å². The third-order valence-corrected chi connectivity index (χ3v) is 7.29. The Morgan fingerprint density at radius 1 is 1.03 bits per heavy atom. The molecule has 6 rings (SSSR count). The maximum Gasteiger partial charge on any atom is 0.261 e. The summed E-state index contributed by atoms with van der Waals surface area (Å²) in [7, 11) is 0. The summed E-state index contributed by atoms with van der Waals surface area (Å²) < 4.78 is 26.3. The van der Waals surface area contributed by atoms with Crippen molar-refractivity contribution in [3.63, 3.8) is 0 Å². The highest BCUT2D eigenvalue weighted by molar-refractivity contribution is 5.93. The number of anilines is 1. The second kappa shape index (κ2) is 8.33. The molecule has 1 aliphatic carbocycles. The molecule has 33 heavy (non-hydrogen) atoms. The van der Waals surface area contributed by atoms with E-state index >= 15 is 4.39 Å². The summed E-state index contributed by atoms with van der Waals surface area (Å²) in [5.41, 5.74) is 3.26. The van der Waals surface area contributed by atoms with Gasteiger partial charge < -0.3 is 19.5 Å². The summed E-state index contributed by atoms with van der Waals surface area (Å²) in [5, 5.41) is 8.59. The number of nitrogens with one attached hydrogen (secondary N) is 1. The Labute approximate surface area is 192 Å². The fourth-order valence-electron chi connectivity index (χ4n) is 5.28. The second-order valence-corrected chi connectivity index (χ2v) is 9.74. The van der Waals surface area contributed by atoms with E-state index in [1.807, 2.05) is 13.8 Å². The van der Waals surface area contributed by atoms with Crippen LogP contribution in [0.2, 0.25) is 0 Å². The van der Waals surface area contributed by atoms with Gasteiger partial charge in [0.2, 0.25) is 0 Å². The predicted molar refractivity (Wildman–Crippen MR) is 124 cm³/mol. The van der Waals surface area contributed by atoms with Crippen LogP contribution in [0.3, 0.4) is 0 Å². The molecule has 0 radical (unpaired) electrons. The minimum absolute atomic E-state index is 0.246. The first-order chi connectivity index (χ1) is 16.1. The molecule has 174 valence electrons. The van der Waals surface area contributed by atoms with Crippen LogP contribution >= 0.6 is 0 Å². The van der Waals surface area contributed by atoms with E-state index in [0.717, 1.165) is 86.3 Å².